The summed E-state index contributed by atoms with van der Waals surface area (Å²) in [6.45, 7) is 10.5. The Kier molecular flexibility index (Phi) is 5.07. The van der Waals surface area contributed by atoms with Crippen LogP contribution in [0.15, 0.2) is 36.7 Å². The maximum absolute atomic E-state index is 12.8. The van der Waals surface area contributed by atoms with E-state index in [1.807, 2.05) is 42.9 Å². The molecule has 1 heterocycles. The second kappa shape index (κ2) is 6.82. The Labute approximate surface area is 133 Å². The maximum Gasteiger partial charge on any atom is 0.247 e. The summed E-state index contributed by atoms with van der Waals surface area (Å²) in [5.74, 6) is 0.512. The summed E-state index contributed by atoms with van der Waals surface area (Å²) in [7, 11) is 0. The van der Waals surface area contributed by atoms with Gasteiger partial charge in [-0.2, -0.15) is 0 Å². The molecule has 1 amide bonds. The fraction of sp³-hybridized carbons (Fsp3) is 0.421. The molecule has 2 aromatic rings. The summed E-state index contributed by atoms with van der Waals surface area (Å²) in [5.41, 5.74) is 4.39. The third-order valence-electron chi connectivity index (χ3n) is 3.91. The largest absolute Gasteiger partial charge is 0.342 e. The normalized spacial score (nSPS) is 12.5. The first kappa shape index (κ1) is 16.3. The van der Waals surface area contributed by atoms with Gasteiger partial charge in [-0.3, -0.25) is 4.79 Å². The number of aromatic nitrogens is 1. The lowest BCUT2D eigenvalue weighted by Gasteiger charge is -2.22. The van der Waals surface area contributed by atoms with Crippen molar-refractivity contribution in [1.29, 1.82) is 0 Å². The smallest absolute Gasteiger partial charge is 0.247 e. The molecule has 0 saturated heterocycles. The topological polar surface area (TPSA) is 34.0 Å². The van der Waals surface area contributed by atoms with Gasteiger partial charge in [0.2, 0.25) is 5.91 Å². The van der Waals surface area contributed by atoms with E-state index in [2.05, 4.69) is 38.2 Å². The highest BCUT2D eigenvalue weighted by Gasteiger charge is 2.22. The zero-order chi connectivity index (χ0) is 16.3. The Balaban J connectivity index is 2.25. The zero-order valence-corrected chi connectivity index (χ0v) is 14.2. The van der Waals surface area contributed by atoms with Crippen LogP contribution in [0.1, 0.15) is 43.0 Å². The first-order chi connectivity index (χ1) is 10.4. The summed E-state index contributed by atoms with van der Waals surface area (Å²) >= 11 is 0. The Bertz CT molecular complexity index is 618. The predicted molar refractivity (Wildman–Crippen MR) is 92.2 cm³/mol. The number of nitrogens with one attached hydrogen (secondary N) is 1. The molecule has 3 nitrogen and oxygen atoms in total. The van der Waals surface area contributed by atoms with Gasteiger partial charge in [-0.25, -0.2) is 0 Å². The van der Waals surface area contributed by atoms with Crippen molar-refractivity contribution in [3.63, 3.8) is 0 Å². The lowest BCUT2D eigenvalue weighted by Crippen LogP contribution is -2.27. The van der Waals surface area contributed by atoms with Gasteiger partial charge in [0.25, 0.3) is 0 Å². The van der Waals surface area contributed by atoms with Gasteiger partial charge in [-0.05, 0) is 56.4 Å². The number of carbonyl (C=O) groups excluding carboxylic acids is 1. The van der Waals surface area contributed by atoms with Crippen molar-refractivity contribution in [3.8, 4) is 0 Å². The van der Waals surface area contributed by atoms with Crippen LogP contribution < -0.4 is 5.32 Å². The number of amides is 1. The van der Waals surface area contributed by atoms with Gasteiger partial charge in [0.15, 0.2) is 0 Å². The van der Waals surface area contributed by atoms with E-state index in [-0.39, 0.29) is 11.9 Å². The van der Waals surface area contributed by atoms with Crippen LogP contribution in [0.25, 0.3) is 0 Å². The second-order valence-electron chi connectivity index (χ2n) is 6.54. The van der Waals surface area contributed by atoms with Crippen molar-refractivity contribution in [2.75, 3.05) is 5.32 Å². The van der Waals surface area contributed by atoms with Crippen molar-refractivity contribution in [1.82, 2.24) is 4.57 Å². The van der Waals surface area contributed by atoms with E-state index in [1.165, 1.54) is 5.56 Å². The number of anilines is 1. The fourth-order valence-corrected chi connectivity index (χ4v) is 2.95. The Morgan fingerprint density at radius 3 is 2.14 bits per heavy atom. The van der Waals surface area contributed by atoms with Crippen LogP contribution in [-0.4, -0.2) is 10.5 Å². The van der Waals surface area contributed by atoms with Gasteiger partial charge in [-0.15, -0.1) is 0 Å². The van der Waals surface area contributed by atoms with E-state index in [0.29, 0.717) is 5.92 Å². The highest BCUT2D eigenvalue weighted by atomic mass is 16.2. The molecule has 2 rings (SSSR count). The van der Waals surface area contributed by atoms with Crippen LogP contribution >= 0.6 is 0 Å². The highest BCUT2D eigenvalue weighted by Crippen LogP contribution is 2.25. The molecule has 22 heavy (non-hydrogen) atoms. The minimum absolute atomic E-state index is 0.0555. The van der Waals surface area contributed by atoms with Gasteiger partial charge >= 0.3 is 0 Å². The molecule has 1 N–H and O–H groups in total. The number of carbonyl (C=O) groups is 1. The number of rotatable bonds is 5. The minimum Gasteiger partial charge on any atom is -0.342 e. The van der Waals surface area contributed by atoms with Gasteiger partial charge < -0.3 is 9.88 Å². The Morgan fingerprint density at radius 2 is 1.64 bits per heavy atom. The van der Waals surface area contributed by atoms with Crippen molar-refractivity contribution in [2.45, 2.75) is 47.1 Å². The molecule has 0 aliphatic heterocycles. The molecular formula is C19H26N2O. The van der Waals surface area contributed by atoms with E-state index in [4.69, 9.17) is 0 Å². The van der Waals surface area contributed by atoms with Crippen LogP contribution in [0.2, 0.25) is 0 Å². The van der Waals surface area contributed by atoms with Gasteiger partial charge in [0, 0.05) is 18.1 Å². The maximum atomic E-state index is 12.8. The lowest BCUT2D eigenvalue weighted by atomic mass is 10.0. The molecule has 3 heteroatoms. The SMILES string of the molecule is Cc1cc(C)c(NC(=O)[C@H](CC(C)C)n2cccc2)c(C)c1. The lowest BCUT2D eigenvalue weighted by molar-refractivity contribution is -0.119. The van der Waals surface area contributed by atoms with Gasteiger partial charge in [-0.1, -0.05) is 31.5 Å². The van der Waals surface area contributed by atoms with Crippen molar-refractivity contribution >= 4 is 11.6 Å². The van der Waals surface area contributed by atoms with Crippen LogP contribution in [0, 0.1) is 26.7 Å². The molecule has 0 saturated carbocycles. The number of hydrogen-bond acceptors (Lipinski definition) is 1. The van der Waals surface area contributed by atoms with Crippen LogP contribution in [0.3, 0.4) is 0 Å². The molecule has 0 fully saturated rings. The van der Waals surface area contributed by atoms with Crippen LogP contribution in [0.5, 0.6) is 0 Å². The fourth-order valence-electron chi connectivity index (χ4n) is 2.95. The van der Waals surface area contributed by atoms with E-state index < -0.39 is 0 Å². The molecule has 1 aromatic heterocycles. The predicted octanol–water partition coefficient (Wildman–Crippen LogP) is 4.64. The molecule has 1 aromatic carbocycles. The molecule has 0 unspecified atom stereocenters. The molecule has 0 radical (unpaired) electrons. The van der Waals surface area contributed by atoms with Crippen LogP contribution in [0.4, 0.5) is 5.69 Å². The average molecular weight is 298 g/mol. The van der Waals surface area contributed by atoms with E-state index >= 15 is 0 Å². The first-order valence-corrected chi connectivity index (χ1v) is 7.89. The summed E-state index contributed by atoms with van der Waals surface area (Å²) < 4.78 is 1.99. The van der Waals surface area contributed by atoms with E-state index in [0.717, 1.165) is 23.2 Å². The highest BCUT2D eigenvalue weighted by molar-refractivity contribution is 5.95. The second-order valence-corrected chi connectivity index (χ2v) is 6.54. The van der Waals surface area contributed by atoms with E-state index in [9.17, 15) is 4.79 Å². The molecular weight excluding hydrogens is 272 g/mol. The quantitative estimate of drug-likeness (QED) is 0.857. The molecule has 0 spiro atoms. The molecule has 118 valence electrons. The third kappa shape index (κ3) is 3.79. The Morgan fingerprint density at radius 1 is 1.09 bits per heavy atom. The van der Waals surface area contributed by atoms with Gasteiger partial charge in [0.1, 0.15) is 6.04 Å². The van der Waals surface area contributed by atoms with Crippen molar-refractivity contribution < 1.29 is 4.79 Å². The monoisotopic (exact) mass is 298 g/mol. The first-order valence-electron chi connectivity index (χ1n) is 7.89. The Hall–Kier alpha value is -2.03. The minimum atomic E-state index is -0.171. The number of hydrogen-bond donors (Lipinski definition) is 1. The standard InChI is InChI=1S/C19H26N2O/c1-13(2)10-17(21-8-6-7-9-21)19(22)20-18-15(4)11-14(3)12-16(18)5/h6-9,11-13,17H,10H2,1-5H3,(H,20,22)/t17-/m0/s1. The third-order valence-corrected chi connectivity index (χ3v) is 3.91. The summed E-state index contributed by atoms with van der Waals surface area (Å²) in [6.07, 6.45) is 4.74. The van der Waals surface area contributed by atoms with E-state index in [1.54, 1.807) is 0 Å². The molecule has 0 aliphatic rings. The zero-order valence-electron chi connectivity index (χ0n) is 14.2. The number of aryl methyl sites for hydroxylation is 3. The summed E-state index contributed by atoms with van der Waals surface area (Å²) in [5, 5.41) is 3.14. The number of benzene rings is 1. The van der Waals surface area contributed by atoms with Crippen molar-refractivity contribution in [2.24, 2.45) is 5.92 Å². The molecule has 0 aliphatic carbocycles. The molecule has 0 bridgehead atoms. The average Bonchev–Trinajstić information content (AvgIpc) is 2.93. The summed E-state index contributed by atoms with van der Waals surface area (Å²) in [4.78, 5) is 12.8. The van der Waals surface area contributed by atoms with Crippen molar-refractivity contribution in [3.05, 3.63) is 53.3 Å². The number of nitrogens with zero attached hydrogens (tertiary/aromatic N) is 1. The molecule has 1 atom stereocenters. The van der Waals surface area contributed by atoms with Gasteiger partial charge in [0.05, 0.1) is 0 Å². The summed E-state index contributed by atoms with van der Waals surface area (Å²) in [6, 6.07) is 7.97. The van der Waals surface area contributed by atoms with Crippen LogP contribution in [-0.2, 0) is 4.79 Å².